The molecule has 3 N–H and O–H groups in total. The molecule has 1 aliphatic carbocycles. The number of hydrogen-bond donors (Lipinski definition) is 2. The molecular formula is C24H25N6O7S+. The lowest BCUT2D eigenvalue weighted by atomic mass is 10.2. The van der Waals surface area contributed by atoms with E-state index >= 15 is 0 Å². The number of carbonyl (C=O) groups excluding carboxylic acids is 3. The molecule has 14 heteroatoms. The number of ether oxygens (including phenoxy) is 1. The van der Waals surface area contributed by atoms with Gasteiger partial charge in [-0.3, -0.25) is 14.1 Å². The number of imide groups is 1. The minimum atomic E-state index is -3.67. The standard InChI is InChI=1S/C23H20N6O4.CH4O3S/c1-14-8-10-26-21-18(14)29(23(32)33-13-27-11-3-4-15(12-27)19(24)30)22(31)17-5-2-9-25-20(17)28(21)16-6-7-16;1-5(2,3)4/h2-5,8-12,16H,6-7,13H2,1H3,(H-,24,30);1H3,(H,2,3,4)/p+1. The van der Waals surface area contributed by atoms with Gasteiger partial charge in [0, 0.05) is 24.5 Å². The number of aromatic nitrogens is 3. The normalized spacial score (nSPS) is 14.4. The molecule has 0 atom stereocenters. The van der Waals surface area contributed by atoms with E-state index in [1.807, 2.05) is 11.8 Å². The average molecular weight is 542 g/mol. The molecule has 0 saturated heterocycles. The zero-order valence-corrected chi connectivity index (χ0v) is 21.3. The monoisotopic (exact) mass is 541 g/mol. The fraction of sp³-hybridized carbons (Fsp3) is 0.250. The summed E-state index contributed by atoms with van der Waals surface area (Å²) in [6, 6.07) is 8.37. The predicted octanol–water partition coefficient (Wildman–Crippen LogP) is 1.73. The fourth-order valence-corrected chi connectivity index (χ4v) is 3.86. The number of amides is 3. The second-order valence-electron chi connectivity index (χ2n) is 8.66. The van der Waals surface area contributed by atoms with Gasteiger partial charge in [-0.25, -0.2) is 19.7 Å². The minimum Gasteiger partial charge on any atom is -0.388 e. The smallest absolute Gasteiger partial charge is 0.388 e. The van der Waals surface area contributed by atoms with E-state index in [9.17, 15) is 22.8 Å². The molecule has 13 nitrogen and oxygen atoms in total. The third kappa shape index (κ3) is 5.92. The van der Waals surface area contributed by atoms with E-state index in [2.05, 4.69) is 9.97 Å². The Morgan fingerprint density at radius 1 is 1.16 bits per heavy atom. The van der Waals surface area contributed by atoms with Gasteiger partial charge in [-0.2, -0.15) is 13.0 Å². The second kappa shape index (κ2) is 10.5. The Balaban J connectivity index is 0.000000617. The highest BCUT2D eigenvalue weighted by molar-refractivity contribution is 7.85. The molecular weight excluding hydrogens is 516 g/mol. The van der Waals surface area contributed by atoms with Crippen LogP contribution in [0.4, 0.5) is 22.1 Å². The van der Waals surface area contributed by atoms with E-state index in [0.717, 1.165) is 17.7 Å². The van der Waals surface area contributed by atoms with E-state index in [-0.39, 0.29) is 18.3 Å². The molecule has 5 rings (SSSR count). The maximum atomic E-state index is 13.6. The molecule has 38 heavy (non-hydrogen) atoms. The second-order valence-corrected chi connectivity index (χ2v) is 10.1. The third-order valence-corrected chi connectivity index (χ3v) is 5.58. The Kier molecular flexibility index (Phi) is 7.37. The first-order valence-electron chi connectivity index (χ1n) is 11.4. The highest BCUT2D eigenvalue weighted by atomic mass is 32.2. The van der Waals surface area contributed by atoms with E-state index in [1.54, 1.807) is 48.9 Å². The van der Waals surface area contributed by atoms with Crippen molar-refractivity contribution in [3.8, 4) is 0 Å². The number of aryl methyl sites for hydroxylation is 1. The molecule has 3 aromatic rings. The van der Waals surface area contributed by atoms with Crippen LogP contribution in [-0.2, 0) is 21.6 Å². The summed E-state index contributed by atoms with van der Waals surface area (Å²) in [5, 5.41) is 0. The quantitative estimate of drug-likeness (QED) is 0.365. The summed E-state index contributed by atoms with van der Waals surface area (Å²) in [6.45, 7) is 1.60. The van der Waals surface area contributed by atoms with Crippen molar-refractivity contribution in [1.82, 2.24) is 9.97 Å². The molecule has 1 saturated carbocycles. The van der Waals surface area contributed by atoms with Crippen LogP contribution in [0, 0.1) is 6.92 Å². The SMILES string of the molecule is CS(=O)(=O)O.Cc1ccnc2c1N(C(=O)OC[n+]1cccc(C(N)=O)c1)C(=O)c1cccnc1N2C1CC1. The largest absolute Gasteiger partial charge is 0.426 e. The molecule has 0 spiro atoms. The Morgan fingerprint density at radius 3 is 2.50 bits per heavy atom. The van der Waals surface area contributed by atoms with Crippen LogP contribution in [0.1, 0.15) is 39.1 Å². The highest BCUT2D eigenvalue weighted by Crippen LogP contribution is 2.45. The van der Waals surface area contributed by atoms with Crippen molar-refractivity contribution in [2.24, 2.45) is 5.73 Å². The first-order valence-corrected chi connectivity index (χ1v) is 13.2. The summed E-state index contributed by atoms with van der Waals surface area (Å²) < 4.78 is 32.8. The van der Waals surface area contributed by atoms with Crippen molar-refractivity contribution in [3.05, 3.63) is 71.8 Å². The van der Waals surface area contributed by atoms with Crippen LogP contribution in [0.5, 0.6) is 0 Å². The van der Waals surface area contributed by atoms with Crippen LogP contribution in [-0.4, -0.2) is 53.1 Å². The summed E-state index contributed by atoms with van der Waals surface area (Å²) in [5.41, 5.74) is 6.95. The molecule has 1 fully saturated rings. The summed E-state index contributed by atoms with van der Waals surface area (Å²) in [7, 11) is -3.67. The van der Waals surface area contributed by atoms with E-state index in [4.69, 9.17) is 15.0 Å². The van der Waals surface area contributed by atoms with Crippen molar-refractivity contribution >= 4 is 45.3 Å². The van der Waals surface area contributed by atoms with Crippen LogP contribution in [0.2, 0.25) is 0 Å². The highest BCUT2D eigenvalue weighted by Gasteiger charge is 2.43. The number of carbonyl (C=O) groups is 3. The first-order chi connectivity index (χ1) is 18.0. The molecule has 0 aromatic carbocycles. The van der Waals surface area contributed by atoms with Crippen LogP contribution in [0.3, 0.4) is 0 Å². The molecule has 3 amide bonds. The summed E-state index contributed by atoms with van der Waals surface area (Å²) >= 11 is 0. The van der Waals surface area contributed by atoms with E-state index in [0.29, 0.717) is 34.7 Å². The number of rotatable bonds is 4. The lowest BCUT2D eigenvalue weighted by Crippen LogP contribution is -2.42. The Morgan fingerprint density at radius 2 is 1.84 bits per heavy atom. The number of hydrogen-bond acceptors (Lipinski definition) is 9. The maximum Gasteiger partial charge on any atom is 0.426 e. The average Bonchev–Trinajstić information content (AvgIpc) is 3.69. The van der Waals surface area contributed by atoms with Gasteiger partial charge in [0.15, 0.2) is 18.2 Å². The Labute approximate surface area is 218 Å². The zero-order chi connectivity index (χ0) is 27.6. The fourth-order valence-electron chi connectivity index (χ4n) is 3.86. The molecule has 3 aromatic heterocycles. The predicted molar refractivity (Wildman–Crippen MR) is 134 cm³/mol. The number of anilines is 3. The molecule has 0 radical (unpaired) electrons. The molecule has 0 bridgehead atoms. The van der Waals surface area contributed by atoms with Crippen LogP contribution in [0.15, 0.2) is 55.1 Å². The topological polar surface area (TPSA) is 177 Å². The maximum absolute atomic E-state index is 13.6. The molecule has 4 heterocycles. The van der Waals surface area contributed by atoms with Crippen molar-refractivity contribution in [3.63, 3.8) is 0 Å². The summed E-state index contributed by atoms with van der Waals surface area (Å²) in [4.78, 5) is 50.2. The Bertz CT molecular complexity index is 1520. The first kappa shape index (κ1) is 26.6. The van der Waals surface area contributed by atoms with Gasteiger partial charge in [0.05, 0.1) is 11.8 Å². The summed E-state index contributed by atoms with van der Waals surface area (Å²) in [6.07, 6.45) is 8.10. The molecule has 2 aliphatic rings. The summed E-state index contributed by atoms with van der Waals surface area (Å²) in [5.74, 6) is -0.176. The van der Waals surface area contributed by atoms with Crippen molar-refractivity contribution < 1.29 is 36.7 Å². The lowest BCUT2D eigenvalue weighted by Gasteiger charge is -2.25. The van der Waals surface area contributed by atoms with Gasteiger partial charge in [0.2, 0.25) is 0 Å². The van der Waals surface area contributed by atoms with E-state index < -0.39 is 28.0 Å². The van der Waals surface area contributed by atoms with E-state index in [1.165, 1.54) is 10.8 Å². The van der Waals surface area contributed by atoms with Gasteiger partial charge in [-0.15, -0.1) is 0 Å². The number of nitrogens with two attached hydrogens (primary N) is 1. The van der Waals surface area contributed by atoms with Gasteiger partial charge in [0.1, 0.15) is 17.1 Å². The zero-order valence-electron chi connectivity index (χ0n) is 20.5. The Hall–Kier alpha value is -4.43. The molecule has 0 unspecified atom stereocenters. The van der Waals surface area contributed by atoms with Crippen LogP contribution < -0.4 is 20.1 Å². The molecule has 198 valence electrons. The number of primary amides is 1. The van der Waals surface area contributed by atoms with Gasteiger partial charge >= 0.3 is 6.09 Å². The third-order valence-electron chi connectivity index (χ3n) is 5.58. The van der Waals surface area contributed by atoms with Gasteiger partial charge in [-0.1, -0.05) is 0 Å². The lowest BCUT2D eigenvalue weighted by molar-refractivity contribution is -0.727. The van der Waals surface area contributed by atoms with Crippen LogP contribution in [0.25, 0.3) is 0 Å². The van der Waals surface area contributed by atoms with Gasteiger partial charge in [-0.05, 0) is 49.6 Å². The number of nitrogens with zero attached hydrogens (tertiary/aromatic N) is 5. The number of pyridine rings is 3. The van der Waals surface area contributed by atoms with Crippen LogP contribution >= 0.6 is 0 Å². The van der Waals surface area contributed by atoms with Gasteiger partial charge in [0.25, 0.3) is 28.7 Å². The van der Waals surface area contributed by atoms with Crippen molar-refractivity contribution in [2.45, 2.75) is 32.5 Å². The van der Waals surface area contributed by atoms with Gasteiger partial charge < -0.3 is 15.4 Å². The number of fused-ring (bicyclic) bond motifs is 2. The minimum absolute atomic E-state index is 0.155. The van der Waals surface area contributed by atoms with Crippen molar-refractivity contribution in [2.75, 3.05) is 16.1 Å². The molecule has 1 aliphatic heterocycles. The van der Waals surface area contributed by atoms with Crippen molar-refractivity contribution in [1.29, 1.82) is 0 Å².